The third-order valence-corrected chi connectivity index (χ3v) is 4.36. The molecule has 1 unspecified atom stereocenters. The standard InChI is InChI=1S/C21H21N3O4/c1-14-18(15(2)24(23-14)17-11-7-4-8-12-17)19(20(25)26)22-21(27)28-13-16-9-5-3-6-10-16/h3-12,19H,13H2,1-2H3,(H,22,27)(H,25,26). The molecule has 0 spiro atoms. The number of carboxylic acid groups (broad SMARTS) is 1. The Morgan fingerprint density at radius 2 is 1.68 bits per heavy atom. The zero-order valence-electron chi connectivity index (χ0n) is 15.6. The Morgan fingerprint density at radius 1 is 1.07 bits per heavy atom. The van der Waals surface area contributed by atoms with Gasteiger partial charge in [-0.2, -0.15) is 5.10 Å². The highest BCUT2D eigenvalue weighted by atomic mass is 16.5. The minimum absolute atomic E-state index is 0.0558. The summed E-state index contributed by atoms with van der Waals surface area (Å²) in [4.78, 5) is 24.0. The molecule has 1 aromatic heterocycles. The number of amides is 1. The number of ether oxygens (including phenoxy) is 1. The van der Waals surface area contributed by atoms with Crippen molar-refractivity contribution in [2.24, 2.45) is 0 Å². The van der Waals surface area contributed by atoms with Crippen LogP contribution in [0.4, 0.5) is 4.79 Å². The number of benzene rings is 2. The summed E-state index contributed by atoms with van der Waals surface area (Å²) < 4.78 is 6.83. The third-order valence-electron chi connectivity index (χ3n) is 4.36. The molecular weight excluding hydrogens is 358 g/mol. The summed E-state index contributed by atoms with van der Waals surface area (Å²) in [5, 5.41) is 16.6. The van der Waals surface area contributed by atoms with Crippen molar-refractivity contribution in [3.63, 3.8) is 0 Å². The molecule has 3 aromatic rings. The Kier molecular flexibility index (Phi) is 5.74. The van der Waals surface area contributed by atoms with Crippen LogP contribution in [0.1, 0.15) is 28.6 Å². The highest BCUT2D eigenvalue weighted by molar-refractivity contribution is 5.82. The summed E-state index contributed by atoms with van der Waals surface area (Å²) >= 11 is 0. The van der Waals surface area contributed by atoms with Gasteiger partial charge >= 0.3 is 12.1 Å². The zero-order chi connectivity index (χ0) is 20.1. The topological polar surface area (TPSA) is 93.5 Å². The lowest BCUT2D eigenvalue weighted by Gasteiger charge is -2.15. The van der Waals surface area contributed by atoms with Crippen LogP contribution < -0.4 is 5.32 Å². The fourth-order valence-electron chi connectivity index (χ4n) is 3.03. The summed E-state index contributed by atoms with van der Waals surface area (Å²) in [5.41, 5.74) is 3.23. The van der Waals surface area contributed by atoms with E-state index in [1.54, 1.807) is 18.5 Å². The molecule has 0 bridgehead atoms. The van der Waals surface area contributed by atoms with Gasteiger partial charge in [-0.1, -0.05) is 48.5 Å². The first kappa shape index (κ1) is 19.2. The molecule has 1 amide bonds. The van der Waals surface area contributed by atoms with E-state index in [1.165, 1.54) is 0 Å². The fourth-order valence-corrected chi connectivity index (χ4v) is 3.03. The maximum Gasteiger partial charge on any atom is 0.408 e. The average molecular weight is 379 g/mol. The van der Waals surface area contributed by atoms with Crippen molar-refractivity contribution < 1.29 is 19.4 Å². The molecule has 0 aliphatic carbocycles. The number of aromatic nitrogens is 2. The molecule has 3 rings (SSSR count). The molecule has 0 radical (unpaired) electrons. The van der Waals surface area contributed by atoms with E-state index in [4.69, 9.17) is 4.74 Å². The van der Waals surface area contributed by atoms with Crippen molar-refractivity contribution in [3.8, 4) is 5.69 Å². The second kappa shape index (κ2) is 8.39. The van der Waals surface area contributed by atoms with Crippen molar-refractivity contribution in [2.75, 3.05) is 0 Å². The lowest BCUT2D eigenvalue weighted by atomic mass is 10.1. The van der Waals surface area contributed by atoms with Gasteiger partial charge in [-0.25, -0.2) is 14.3 Å². The van der Waals surface area contributed by atoms with Gasteiger partial charge in [-0.05, 0) is 31.5 Å². The molecule has 0 aliphatic heterocycles. The maximum absolute atomic E-state index is 12.2. The van der Waals surface area contributed by atoms with Crippen molar-refractivity contribution >= 4 is 12.1 Å². The van der Waals surface area contributed by atoms with Crippen LogP contribution in [0.15, 0.2) is 60.7 Å². The van der Waals surface area contributed by atoms with Crippen LogP contribution in [0.2, 0.25) is 0 Å². The van der Waals surface area contributed by atoms with Crippen LogP contribution in [-0.2, 0) is 16.1 Å². The number of hydrogen-bond donors (Lipinski definition) is 2. The van der Waals surface area contributed by atoms with E-state index >= 15 is 0 Å². The molecule has 7 heteroatoms. The number of aryl methyl sites for hydroxylation is 1. The van der Waals surface area contributed by atoms with Gasteiger partial charge in [0.2, 0.25) is 0 Å². The number of rotatable bonds is 6. The van der Waals surface area contributed by atoms with E-state index in [0.717, 1.165) is 11.3 Å². The normalized spacial score (nSPS) is 11.6. The van der Waals surface area contributed by atoms with E-state index in [9.17, 15) is 14.7 Å². The fraction of sp³-hybridized carbons (Fsp3) is 0.190. The zero-order valence-corrected chi connectivity index (χ0v) is 15.6. The number of aliphatic carboxylic acids is 1. The second-order valence-corrected chi connectivity index (χ2v) is 6.31. The van der Waals surface area contributed by atoms with Gasteiger partial charge in [-0.3, -0.25) is 0 Å². The number of hydrogen-bond acceptors (Lipinski definition) is 4. The lowest BCUT2D eigenvalue weighted by molar-refractivity contribution is -0.139. The summed E-state index contributed by atoms with van der Waals surface area (Å²) in [6.07, 6.45) is -0.803. The van der Waals surface area contributed by atoms with Crippen LogP contribution in [0.25, 0.3) is 5.69 Å². The van der Waals surface area contributed by atoms with Crippen LogP contribution in [0.3, 0.4) is 0 Å². The predicted molar refractivity (Wildman–Crippen MR) is 103 cm³/mol. The van der Waals surface area contributed by atoms with E-state index in [0.29, 0.717) is 17.0 Å². The van der Waals surface area contributed by atoms with Gasteiger partial charge in [0.1, 0.15) is 6.61 Å². The molecule has 0 saturated carbocycles. The number of carboxylic acids is 1. The Bertz CT molecular complexity index is 968. The molecule has 2 aromatic carbocycles. The van der Waals surface area contributed by atoms with E-state index < -0.39 is 18.1 Å². The SMILES string of the molecule is Cc1nn(-c2ccccc2)c(C)c1C(NC(=O)OCc1ccccc1)C(=O)O. The van der Waals surface area contributed by atoms with E-state index in [-0.39, 0.29) is 6.61 Å². The van der Waals surface area contributed by atoms with Gasteiger partial charge in [0.25, 0.3) is 0 Å². The van der Waals surface area contributed by atoms with Crippen molar-refractivity contribution in [1.29, 1.82) is 0 Å². The van der Waals surface area contributed by atoms with E-state index in [1.807, 2.05) is 60.7 Å². The quantitative estimate of drug-likeness (QED) is 0.683. The molecule has 0 aliphatic rings. The van der Waals surface area contributed by atoms with Crippen molar-refractivity contribution in [3.05, 3.63) is 83.2 Å². The molecule has 0 fully saturated rings. The van der Waals surface area contributed by atoms with Gasteiger partial charge < -0.3 is 15.2 Å². The Hall–Kier alpha value is -3.61. The number of alkyl carbamates (subject to hydrolysis) is 1. The maximum atomic E-state index is 12.2. The first-order chi connectivity index (χ1) is 13.5. The lowest BCUT2D eigenvalue weighted by Crippen LogP contribution is -2.34. The number of carbonyl (C=O) groups is 2. The highest BCUT2D eigenvalue weighted by Gasteiger charge is 2.29. The Morgan fingerprint density at radius 3 is 2.29 bits per heavy atom. The summed E-state index contributed by atoms with van der Waals surface area (Å²) in [5.74, 6) is -1.18. The first-order valence-corrected chi connectivity index (χ1v) is 8.79. The Balaban J connectivity index is 1.80. The average Bonchev–Trinajstić information content (AvgIpc) is 3.00. The number of nitrogens with one attached hydrogen (secondary N) is 1. The molecular formula is C21H21N3O4. The van der Waals surface area contributed by atoms with Gasteiger partial charge in [0.05, 0.1) is 11.4 Å². The molecule has 1 atom stereocenters. The van der Waals surface area contributed by atoms with Gasteiger partial charge in [0, 0.05) is 11.3 Å². The molecule has 1 heterocycles. The smallest absolute Gasteiger partial charge is 0.408 e. The van der Waals surface area contributed by atoms with E-state index in [2.05, 4.69) is 10.4 Å². The number of para-hydroxylation sites is 1. The van der Waals surface area contributed by atoms with Crippen LogP contribution in [0.5, 0.6) is 0 Å². The van der Waals surface area contributed by atoms with Crippen LogP contribution in [0, 0.1) is 13.8 Å². The summed E-state index contributed by atoms with van der Waals surface area (Å²) in [6.45, 7) is 3.55. The van der Waals surface area contributed by atoms with Crippen LogP contribution >= 0.6 is 0 Å². The Labute approximate surface area is 162 Å². The monoisotopic (exact) mass is 379 g/mol. The second-order valence-electron chi connectivity index (χ2n) is 6.31. The molecule has 28 heavy (non-hydrogen) atoms. The first-order valence-electron chi connectivity index (χ1n) is 8.79. The van der Waals surface area contributed by atoms with Crippen LogP contribution in [-0.4, -0.2) is 26.9 Å². The minimum atomic E-state index is -1.26. The third kappa shape index (κ3) is 4.20. The summed E-state index contributed by atoms with van der Waals surface area (Å²) in [6, 6.07) is 17.3. The van der Waals surface area contributed by atoms with Gasteiger partial charge in [0.15, 0.2) is 6.04 Å². The number of nitrogens with zero attached hydrogens (tertiary/aromatic N) is 2. The minimum Gasteiger partial charge on any atom is -0.479 e. The summed E-state index contributed by atoms with van der Waals surface area (Å²) in [7, 11) is 0. The molecule has 144 valence electrons. The molecule has 7 nitrogen and oxygen atoms in total. The number of carbonyl (C=O) groups excluding carboxylic acids is 1. The van der Waals surface area contributed by atoms with Crippen molar-refractivity contribution in [2.45, 2.75) is 26.5 Å². The van der Waals surface area contributed by atoms with Crippen molar-refractivity contribution in [1.82, 2.24) is 15.1 Å². The highest BCUT2D eigenvalue weighted by Crippen LogP contribution is 2.24. The largest absolute Gasteiger partial charge is 0.479 e. The predicted octanol–water partition coefficient (Wildman–Crippen LogP) is 3.54. The molecule has 2 N–H and O–H groups in total. The van der Waals surface area contributed by atoms with Gasteiger partial charge in [-0.15, -0.1) is 0 Å². The molecule has 0 saturated heterocycles.